The van der Waals surface area contributed by atoms with Gasteiger partial charge in [0.25, 0.3) is 0 Å². The van der Waals surface area contributed by atoms with Crippen LogP contribution in [0, 0.1) is 0 Å². The van der Waals surface area contributed by atoms with E-state index in [-0.39, 0.29) is 24.2 Å². The minimum absolute atomic E-state index is 0.0836. The van der Waals surface area contributed by atoms with E-state index in [1.807, 2.05) is 6.92 Å². The molecule has 0 saturated carbocycles. The third-order valence-corrected chi connectivity index (χ3v) is 2.66. The summed E-state index contributed by atoms with van der Waals surface area (Å²) in [5, 5.41) is 2.72. The van der Waals surface area contributed by atoms with Crippen molar-refractivity contribution < 1.29 is 23.5 Å². The fourth-order valence-electron chi connectivity index (χ4n) is 1.66. The summed E-state index contributed by atoms with van der Waals surface area (Å²) >= 11 is 0. The molecule has 1 N–H and O–H groups in total. The van der Waals surface area contributed by atoms with Crippen molar-refractivity contribution in [2.75, 3.05) is 33.9 Å². The van der Waals surface area contributed by atoms with E-state index in [1.54, 1.807) is 12.0 Å². The Morgan fingerprint density at radius 3 is 2.81 bits per heavy atom. The monoisotopic (exact) mass is 299 g/mol. The van der Waals surface area contributed by atoms with Gasteiger partial charge in [0.1, 0.15) is 6.26 Å². The van der Waals surface area contributed by atoms with Crippen LogP contribution >= 0.6 is 0 Å². The molecule has 0 spiro atoms. The molecule has 8 nitrogen and oxygen atoms in total. The van der Waals surface area contributed by atoms with Crippen LogP contribution in [0.5, 0.6) is 0 Å². The second-order valence-corrected chi connectivity index (χ2v) is 4.22. The minimum Gasteiger partial charge on any atom is -0.464 e. The number of urea groups is 1. The molecular weight excluding hydrogens is 278 g/mol. The lowest BCUT2D eigenvalue weighted by Crippen LogP contribution is -2.40. The van der Waals surface area contributed by atoms with Crippen molar-refractivity contribution in [3.63, 3.8) is 0 Å². The second kappa shape index (κ2) is 8.96. The summed E-state index contributed by atoms with van der Waals surface area (Å²) in [4.78, 5) is 28.8. The number of nitrogens with one attached hydrogen (secondary N) is 1. The Kier molecular flexibility index (Phi) is 7.24. The highest BCUT2D eigenvalue weighted by atomic mass is 16.5. The number of carbonyl (C=O) groups excluding carboxylic acids is 2. The van der Waals surface area contributed by atoms with Crippen LogP contribution in [0.2, 0.25) is 0 Å². The summed E-state index contributed by atoms with van der Waals surface area (Å²) in [6.07, 6.45) is 1.91. The second-order valence-electron chi connectivity index (χ2n) is 4.22. The summed E-state index contributed by atoms with van der Waals surface area (Å²) in [7, 11) is 2.87. The van der Waals surface area contributed by atoms with Gasteiger partial charge in [0.2, 0.25) is 5.89 Å². The molecule has 0 aromatic carbocycles. The predicted molar refractivity (Wildman–Crippen MR) is 73.8 cm³/mol. The maximum absolute atomic E-state index is 12.0. The highest BCUT2D eigenvalue weighted by Gasteiger charge is 2.18. The number of amides is 2. The fourth-order valence-corrected chi connectivity index (χ4v) is 1.66. The molecule has 118 valence electrons. The van der Waals surface area contributed by atoms with E-state index in [2.05, 4.69) is 15.0 Å². The number of methoxy groups -OCH3 is 2. The molecule has 0 aliphatic carbocycles. The average molecular weight is 299 g/mol. The molecule has 0 fully saturated rings. The molecule has 1 heterocycles. The first-order valence-electron chi connectivity index (χ1n) is 6.66. The number of carbonyl (C=O) groups is 2. The Labute approximate surface area is 123 Å². The molecule has 21 heavy (non-hydrogen) atoms. The molecule has 1 aromatic rings. The lowest BCUT2D eigenvalue weighted by molar-refractivity contribution is 0.0594. The highest BCUT2D eigenvalue weighted by Crippen LogP contribution is 2.08. The zero-order valence-corrected chi connectivity index (χ0v) is 12.5. The molecule has 0 aliphatic heterocycles. The number of esters is 1. The molecule has 0 bridgehead atoms. The zero-order chi connectivity index (χ0) is 15.7. The summed E-state index contributed by atoms with van der Waals surface area (Å²) in [5.41, 5.74) is 0.0836. The molecule has 0 atom stereocenters. The van der Waals surface area contributed by atoms with E-state index in [1.165, 1.54) is 13.4 Å². The van der Waals surface area contributed by atoms with E-state index in [4.69, 9.17) is 9.15 Å². The molecule has 0 aliphatic rings. The summed E-state index contributed by atoms with van der Waals surface area (Å²) in [6.45, 7) is 3.58. The fraction of sp³-hybridized carbons (Fsp3) is 0.615. The summed E-state index contributed by atoms with van der Waals surface area (Å²) in [5.74, 6) is -0.298. The molecule has 1 aromatic heterocycles. The zero-order valence-electron chi connectivity index (χ0n) is 12.5. The van der Waals surface area contributed by atoms with Crippen LogP contribution in [0.3, 0.4) is 0 Å². The number of nitrogens with zero attached hydrogens (tertiary/aromatic N) is 2. The van der Waals surface area contributed by atoms with Gasteiger partial charge in [-0.15, -0.1) is 0 Å². The van der Waals surface area contributed by atoms with Gasteiger partial charge in [-0.25, -0.2) is 14.6 Å². The average Bonchev–Trinajstić information content (AvgIpc) is 2.94. The van der Waals surface area contributed by atoms with Gasteiger partial charge in [0.05, 0.1) is 13.7 Å². The van der Waals surface area contributed by atoms with E-state index < -0.39 is 5.97 Å². The first-order valence-corrected chi connectivity index (χ1v) is 6.66. The van der Waals surface area contributed by atoms with E-state index in [9.17, 15) is 9.59 Å². The van der Waals surface area contributed by atoms with Crippen LogP contribution in [-0.2, 0) is 16.0 Å². The van der Waals surface area contributed by atoms with Crippen molar-refractivity contribution in [1.29, 1.82) is 0 Å². The van der Waals surface area contributed by atoms with Crippen LogP contribution in [0.15, 0.2) is 10.7 Å². The van der Waals surface area contributed by atoms with Gasteiger partial charge < -0.3 is 24.1 Å². The van der Waals surface area contributed by atoms with Crippen LogP contribution in [0.25, 0.3) is 0 Å². The van der Waals surface area contributed by atoms with Crippen molar-refractivity contribution in [3.05, 3.63) is 17.8 Å². The Balaban J connectivity index is 2.68. The number of hydrogen-bond donors (Lipinski definition) is 1. The SMILES string of the molecule is CCNC(=O)N(CCCOC)Cc1nc(C(=O)OC)co1. The van der Waals surface area contributed by atoms with Crippen molar-refractivity contribution in [3.8, 4) is 0 Å². The smallest absolute Gasteiger partial charge is 0.360 e. The van der Waals surface area contributed by atoms with Crippen molar-refractivity contribution in [1.82, 2.24) is 15.2 Å². The van der Waals surface area contributed by atoms with Gasteiger partial charge in [0.15, 0.2) is 5.69 Å². The topological polar surface area (TPSA) is 93.9 Å². The van der Waals surface area contributed by atoms with Crippen LogP contribution in [0.4, 0.5) is 4.79 Å². The van der Waals surface area contributed by atoms with Gasteiger partial charge in [0, 0.05) is 26.8 Å². The molecule has 0 radical (unpaired) electrons. The third kappa shape index (κ3) is 5.42. The Bertz CT molecular complexity index is 460. The van der Waals surface area contributed by atoms with Gasteiger partial charge in [-0.2, -0.15) is 0 Å². The van der Waals surface area contributed by atoms with Crippen molar-refractivity contribution in [2.45, 2.75) is 19.9 Å². The van der Waals surface area contributed by atoms with Gasteiger partial charge in [-0.1, -0.05) is 0 Å². The van der Waals surface area contributed by atoms with E-state index >= 15 is 0 Å². The molecular formula is C13H21N3O5. The molecule has 0 unspecified atom stereocenters. The molecule has 0 saturated heterocycles. The van der Waals surface area contributed by atoms with E-state index in [0.717, 1.165) is 0 Å². The first kappa shape index (κ1) is 17.0. The largest absolute Gasteiger partial charge is 0.464 e. The third-order valence-electron chi connectivity index (χ3n) is 2.66. The Hall–Kier alpha value is -2.09. The van der Waals surface area contributed by atoms with Crippen molar-refractivity contribution >= 4 is 12.0 Å². The summed E-state index contributed by atoms with van der Waals surface area (Å²) < 4.78 is 14.7. The quantitative estimate of drug-likeness (QED) is 0.569. The lowest BCUT2D eigenvalue weighted by atomic mass is 10.4. The maximum Gasteiger partial charge on any atom is 0.360 e. The predicted octanol–water partition coefficient (Wildman–Crippen LogP) is 1.03. The van der Waals surface area contributed by atoms with E-state index in [0.29, 0.717) is 26.1 Å². The number of rotatable bonds is 8. The Morgan fingerprint density at radius 1 is 1.43 bits per heavy atom. The van der Waals surface area contributed by atoms with Gasteiger partial charge >= 0.3 is 12.0 Å². The number of hydrogen-bond acceptors (Lipinski definition) is 6. The van der Waals surface area contributed by atoms with Gasteiger partial charge in [-0.05, 0) is 13.3 Å². The minimum atomic E-state index is -0.575. The van der Waals surface area contributed by atoms with Crippen LogP contribution in [0.1, 0.15) is 29.7 Å². The molecule has 1 rings (SSSR count). The standard InChI is InChI=1S/C13H21N3O5/c1-4-14-13(18)16(6-5-7-19-2)8-11-15-10(9-21-11)12(17)20-3/h9H,4-8H2,1-3H3,(H,14,18). The normalized spacial score (nSPS) is 10.2. The number of ether oxygens (including phenoxy) is 2. The number of oxazole rings is 1. The van der Waals surface area contributed by atoms with Crippen LogP contribution < -0.4 is 5.32 Å². The van der Waals surface area contributed by atoms with Crippen molar-refractivity contribution in [2.24, 2.45) is 0 Å². The summed E-state index contributed by atoms with van der Waals surface area (Å²) in [6, 6.07) is -0.216. The maximum atomic E-state index is 12.0. The van der Waals surface area contributed by atoms with Gasteiger partial charge in [-0.3, -0.25) is 0 Å². The molecule has 8 heteroatoms. The Morgan fingerprint density at radius 2 is 2.19 bits per heavy atom. The highest BCUT2D eigenvalue weighted by molar-refractivity contribution is 5.86. The first-order chi connectivity index (χ1) is 10.1. The number of aromatic nitrogens is 1. The molecule has 2 amide bonds. The van der Waals surface area contributed by atoms with Crippen LogP contribution in [-0.4, -0.2) is 55.8 Å². The lowest BCUT2D eigenvalue weighted by Gasteiger charge is -2.21.